The van der Waals surface area contributed by atoms with Crippen LogP contribution in [0.3, 0.4) is 0 Å². The number of nitrogens with zero attached hydrogens (tertiary/aromatic N) is 2. The number of benzene rings is 1. The number of carboxylic acid groups (broad SMARTS) is 1. The van der Waals surface area contributed by atoms with Gasteiger partial charge in [0.1, 0.15) is 22.2 Å². The van der Waals surface area contributed by atoms with Crippen molar-refractivity contribution in [2.75, 3.05) is 33.1 Å². The fourth-order valence-corrected chi connectivity index (χ4v) is 7.23. The molecule has 1 atom stereocenters. The highest BCUT2D eigenvalue weighted by Crippen LogP contribution is 2.41. The number of carbonyl (C=O) groups is 1. The Morgan fingerprint density at radius 1 is 1.29 bits per heavy atom. The third kappa shape index (κ3) is 3.31. The van der Waals surface area contributed by atoms with E-state index in [4.69, 9.17) is 0 Å². The Kier molecular flexibility index (Phi) is 5.30. The summed E-state index contributed by atoms with van der Waals surface area (Å²) >= 11 is 0. The molecular weight excluding hydrogens is 364 g/mol. The molecule has 0 fully saturated rings. The Morgan fingerprint density at radius 2 is 2.00 bits per heavy atom. The summed E-state index contributed by atoms with van der Waals surface area (Å²) in [6.07, 6.45) is 7.22. The van der Waals surface area contributed by atoms with Crippen LogP contribution in [0.1, 0.15) is 18.4 Å². The van der Waals surface area contributed by atoms with Crippen molar-refractivity contribution in [1.29, 1.82) is 0 Å². The van der Waals surface area contributed by atoms with Crippen molar-refractivity contribution < 1.29 is 14.5 Å². The standard InChI is InChI=1S/C23H28N2O2Si/c1-7-28(6)21-14-16(24(2)3)8-10-19(21)18(12-13-23(26)27)20-11-9-17(25(4)5)15-22(20)28/h7-11,14-15H,1,12-13H2,2-6H3/p+1. The molecular formula is C23H29N2O2Si+. The fourth-order valence-electron chi connectivity index (χ4n) is 4.02. The number of hydrogen-bond acceptors (Lipinski definition) is 2. The first-order chi connectivity index (χ1) is 13.2. The van der Waals surface area contributed by atoms with Crippen LogP contribution in [0.25, 0.3) is 5.57 Å². The van der Waals surface area contributed by atoms with E-state index in [0.717, 1.165) is 17.0 Å². The Balaban J connectivity index is 2.33. The van der Waals surface area contributed by atoms with Crippen LogP contribution in [-0.4, -0.2) is 57.6 Å². The molecule has 1 heterocycles. The predicted octanol–water partition coefficient (Wildman–Crippen LogP) is 3.14. The summed E-state index contributed by atoms with van der Waals surface area (Å²) in [5.74, 6) is -0.764. The smallest absolute Gasteiger partial charge is 0.303 e. The lowest BCUT2D eigenvalue weighted by molar-refractivity contribution is -0.462. The molecule has 2 aliphatic rings. The largest absolute Gasteiger partial charge is 0.481 e. The maximum Gasteiger partial charge on any atom is 0.303 e. The van der Waals surface area contributed by atoms with Gasteiger partial charge in [0.15, 0.2) is 5.71 Å². The van der Waals surface area contributed by atoms with E-state index in [-0.39, 0.29) is 6.42 Å². The van der Waals surface area contributed by atoms with Gasteiger partial charge >= 0.3 is 5.97 Å². The molecule has 4 nitrogen and oxygen atoms in total. The molecule has 1 aliphatic carbocycles. The van der Waals surface area contributed by atoms with Crippen molar-refractivity contribution in [3.63, 3.8) is 0 Å². The lowest BCUT2D eigenvalue weighted by atomic mass is 9.91. The van der Waals surface area contributed by atoms with E-state index in [1.807, 2.05) is 28.2 Å². The normalized spacial score (nSPS) is 20.3. The van der Waals surface area contributed by atoms with E-state index in [2.05, 4.69) is 64.7 Å². The van der Waals surface area contributed by atoms with Crippen molar-refractivity contribution in [2.45, 2.75) is 19.4 Å². The average molecular weight is 394 g/mol. The molecule has 0 bridgehead atoms. The first-order valence-corrected chi connectivity index (χ1v) is 12.1. The molecule has 0 radical (unpaired) electrons. The summed E-state index contributed by atoms with van der Waals surface area (Å²) in [6.45, 7) is 6.57. The maximum absolute atomic E-state index is 11.3. The van der Waals surface area contributed by atoms with Gasteiger partial charge in [-0.15, -0.1) is 6.58 Å². The van der Waals surface area contributed by atoms with Crippen LogP contribution >= 0.6 is 0 Å². The SMILES string of the molecule is C=C[Si]1(C)C2=CC(=[N+](C)C)C=CC2=C(CCC(=O)O)c2ccc(N(C)C)cc21. The zero-order chi connectivity index (χ0) is 20.6. The summed E-state index contributed by atoms with van der Waals surface area (Å²) in [6, 6.07) is 6.56. The average Bonchev–Trinajstić information content (AvgIpc) is 2.66. The number of hydrogen-bond donors (Lipinski definition) is 1. The van der Waals surface area contributed by atoms with Crippen molar-refractivity contribution in [3.05, 3.63) is 65.0 Å². The van der Waals surface area contributed by atoms with Gasteiger partial charge in [-0.05, 0) is 51.7 Å². The molecule has 1 aliphatic heterocycles. The maximum atomic E-state index is 11.3. The van der Waals surface area contributed by atoms with Crippen LogP contribution in [0.15, 0.2) is 59.5 Å². The molecule has 5 heteroatoms. The quantitative estimate of drug-likeness (QED) is 0.617. The van der Waals surface area contributed by atoms with Gasteiger partial charge < -0.3 is 10.0 Å². The molecule has 0 amide bonds. The highest BCUT2D eigenvalue weighted by molar-refractivity contribution is 7.02. The first kappa shape index (κ1) is 20.1. The molecule has 0 aromatic heterocycles. The number of rotatable bonds is 5. The van der Waals surface area contributed by atoms with Gasteiger partial charge in [-0.1, -0.05) is 18.3 Å². The van der Waals surface area contributed by atoms with Crippen molar-refractivity contribution in [3.8, 4) is 0 Å². The Labute approximate surface area is 168 Å². The van der Waals surface area contributed by atoms with Crippen LogP contribution in [0.2, 0.25) is 6.55 Å². The van der Waals surface area contributed by atoms with Gasteiger partial charge in [0.2, 0.25) is 0 Å². The molecule has 1 aromatic rings. The van der Waals surface area contributed by atoms with Crippen molar-refractivity contribution in [1.82, 2.24) is 0 Å². The molecule has 0 spiro atoms. The number of anilines is 1. The summed E-state index contributed by atoms with van der Waals surface area (Å²) < 4.78 is 2.11. The van der Waals surface area contributed by atoms with Crippen LogP contribution < -0.4 is 10.1 Å². The molecule has 28 heavy (non-hydrogen) atoms. The van der Waals surface area contributed by atoms with Gasteiger partial charge in [0.25, 0.3) is 0 Å². The summed E-state index contributed by atoms with van der Waals surface area (Å²) in [4.78, 5) is 13.4. The Morgan fingerprint density at radius 3 is 2.57 bits per heavy atom. The minimum absolute atomic E-state index is 0.130. The van der Waals surface area contributed by atoms with Crippen LogP contribution in [0.4, 0.5) is 5.69 Å². The minimum Gasteiger partial charge on any atom is -0.481 e. The van der Waals surface area contributed by atoms with Crippen molar-refractivity contribution >= 4 is 36.2 Å². The lowest BCUT2D eigenvalue weighted by Crippen LogP contribution is -2.51. The van der Waals surface area contributed by atoms with E-state index in [0.29, 0.717) is 6.42 Å². The fraction of sp³-hybridized carbons (Fsp3) is 0.304. The number of allylic oxidation sites excluding steroid dienone is 6. The monoisotopic (exact) mass is 393 g/mol. The van der Waals surface area contributed by atoms with Gasteiger partial charge in [-0.25, -0.2) is 4.58 Å². The van der Waals surface area contributed by atoms with E-state index in [9.17, 15) is 9.90 Å². The van der Waals surface area contributed by atoms with Gasteiger partial charge in [0, 0.05) is 38.4 Å². The van der Waals surface area contributed by atoms with Gasteiger partial charge in [0.05, 0.1) is 0 Å². The van der Waals surface area contributed by atoms with E-state index in [1.54, 1.807) is 0 Å². The van der Waals surface area contributed by atoms with E-state index >= 15 is 0 Å². The molecule has 3 rings (SSSR count). The highest BCUT2D eigenvalue weighted by Gasteiger charge is 2.41. The molecule has 0 saturated heterocycles. The number of fused-ring (bicyclic) bond motifs is 2. The number of carboxylic acids is 1. The van der Waals surface area contributed by atoms with E-state index in [1.165, 1.54) is 21.5 Å². The molecule has 0 saturated carbocycles. The Bertz CT molecular complexity index is 978. The zero-order valence-corrected chi connectivity index (χ0v) is 18.4. The minimum atomic E-state index is -2.16. The second kappa shape index (κ2) is 7.39. The lowest BCUT2D eigenvalue weighted by Gasteiger charge is -2.38. The van der Waals surface area contributed by atoms with Crippen LogP contribution in [0, 0.1) is 0 Å². The second-order valence-electron chi connectivity index (χ2n) is 8.03. The number of aliphatic carboxylic acids is 1. The molecule has 1 aromatic carbocycles. The van der Waals surface area contributed by atoms with Crippen molar-refractivity contribution in [2.24, 2.45) is 0 Å². The predicted molar refractivity (Wildman–Crippen MR) is 120 cm³/mol. The third-order valence-corrected chi connectivity index (χ3v) is 9.69. The summed E-state index contributed by atoms with van der Waals surface area (Å²) in [7, 11) is 6.02. The first-order valence-electron chi connectivity index (χ1n) is 9.54. The van der Waals surface area contributed by atoms with E-state index < -0.39 is 14.0 Å². The van der Waals surface area contributed by atoms with Crippen LogP contribution in [0.5, 0.6) is 0 Å². The topological polar surface area (TPSA) is 43.6 Å². The van der Waals surface area contributed by atoms with Gasteiger partial charge in [-0.3, -0.25) is 4.79 Å². The summed E-state index contributed by atoms with van der Waals surface area (Å²) in [5, 5.41) is 11.9. The molecule has 1 N–H and O–H groups in total. The zero-order valence-electron chi connectivity index (χ0n) is 17.4. The van der Waals surface area contributed by atoms with Crippen LogP contribution in [-0.2, 0) is 4.79 Å². The van der Waals surface area contributed by atoms with Gasteiger partial charge in [-0.2, -0.15) is 0 Å². The highest BCUT2D eigenvalue weighted by atomic mass is 28.3. The summed E-state index contributed by atoms with van der Waals surface area (Å²) in [5.41, 5.74) is 7.97. The Hall–Kier alpha value is -2.66. The third-order valence-electron chi connectivity index (χ3n) is 5.81. The second-order valence-corrected chi connectivity index (χ2v) is 11.9. The molecule has 1 unspecified atom stereocenters. The molecule has 146 valence electrons.